The molecule has 2 rings (SSSR count). The molecule has 0 heterocycles. The number of hydrogen-bond donors (Lipinski definition) is 1. The highest BCUT2D eigenvalue weighted by Crippen LogP contribution is 2.30. The molecule has 1 saturated carbocycles. The Kier molecular flexibility index (Phi) is 10.4. The van der Waals surface area contributed by atoms with E-state index in [1.807, 2.05) is 18.2 Å². The van der Waals surface area contributed by atoms with E-state index in [4.69, 9.17) is 10.5 Å². The Balaban J connectivity index is 1.61. The quantitative estimate of drug-likeness (QED) is 0.465. The van der Waals surface area contributed by atoms with Crippen LogP contribution in [-0.4, -0.2) is 33.4 Å². The minimum Gasteiger partial charge on any atom is -0.381 e. The fourth-order valence-corrected chi connectivity index (χ4v) is 5.71. The van der Waals surface area contributed by atoms with Crippen molar-refractivity contribution < 1.29 is 13.2 Å². The zero-order chi connectivity index (χ0) is 19.4. The summed E-state index contributed by atoms with van der Waals surface area (Å²) in [6.07, 6.45) is 12.6. The molecule has 0 radical (unpaired) electrons. The second kappa shape index (κ2) is 12.5. The van der Waals surface area contributed by atoms with E-state index in [9.17, 15) is 8.42 Å². The Labute approximate surface area is 165 Å². The first-order chi connectivity index (χ1) is 13.1. The summed E-state index contributed by atoms with van der Waals surface area (Å²) in [7, 11) is -3.14. The van der Waals surface area contributed by atoms with Gasteiger partial charge >= 0.3 is 0 Å². The predicted octanol–water partition coefficient (Wildman–Crippen LogP) is 4.65. The molecule has 0 atom stereocenters. The number of rotatable bonds is 14. The fraction of sp³-hybridized carbons (Fsp3) is 0.727. The average molecular weight is 396 g/mol. The van der Waals surface area contributed by atoms with Gasteiger partial charge < -0.3 is 10.5 Å². The van der Waals surface area contributed by atoms with Crippen molar-refractivity contribution in [2.75, 3.05) is 19.8 Å². The normalized spacial score (nSPS) is 15.4. The molecule has 0 spiro atoms. The average Bonchev–Trinajstić information content (AvgIpc) is 3.22. The third kappa shape index (κ3) is 7.92. The highest BCUT2D eigenvalue weighted by molar-refractivity contribution is 7.92. The van der Waals surface area contributed by atoms with Crippen molar-refractivity contribution in [3.05, 3.63) is 29.8 Å². The van der Waals surface area contributed by atoms with Crippen LogP contribution in [0, 0.1) is 0 Å². The van der Waals surface area contributed by atoms with E-state index in [2.05, 4.69) is 0 Å². The van der Waals surface area contributed by atoms with Gasteiger partial charge in [0.2, 0.25) is 0 Å². The van der Waals surface area contributed by atoms with Crippen molar-refractivity contribution in [3.8, 4) is 0 Å². The third-order valence-electron chi connectivity index (χ3n) is 5.46. The van der Waals surface area contributed by atoms with Gasteiger partial charge in [0.15, 0.2) is 9.84 Å². The fourth-order valence-electron chi connectivity index (χ4n) is 3.78. The van der Waals surface area contributed by atoms with E-state index < -0.39 is 9.84 Å². The first-order valence-corrected chi connectivity index (χ1v) is 12.3. The molecule has 0 saturated heterocycles. The molecule has 0 bridgehead atoms. The van der Waals surface area contributed by atoms with Crippen molar-refractivity contribution in [3.63, 3.8) is 0 Å². The first-order valence-electron chi connectivity index (χ1n) is 10.8. The predicted molar refractivity (Wildman–Crippen MR) is 112 cm³/mol. The van der Waals surface area contributed by atoms with E-state index in [0.717, 1.165) is 89.5 Å². The van der Waals surface area contributed by atoms with Gasteiger partial charge in [-0.05, 0) is 69.2 Å². The molecule has 1 aromatic rings. The van der Waals surface area contributed by atoms with Gasteiger partial charge in [0.05, 0.1) is 10.1 Å². The van der Waals surface area contributed by atoms with Gasteiger partial charge in [-0.1, -0.05) is 44.2 Å². The lowest BCUT2D eigenvalue weighted by Gasteiger charge is -2.12. The lowest BCUT2D eigenvalue weighted by Crippen LogP contribution is -2.17. The summed E-state index contributed by atoms with van der Waals surface area (Å²) in [5, 5.41) is -0.166. The Bertz CT molecular complexity index is 624. The van der Waals surface area contributed by atoms with Crippen LogP contribution in [-0.2, 0) is 21.0 Å². The Hall–Kier alpha value is -0.910. The van der Waals surface area contributed by atoms with Crippen LogP contribution in [0.2, 0.25) is 0 Å². The second-order valence-electron chi connectivity index (χ2n) is 7.72. The zero-order valence-electron chi connectivity index (χ0n) is 16.7. The molecular formula is C22H37NO3S. The standard InChI is InChI=1S/C22H37NO3S/c23-16-7-1-2-8-17-26-18-9-3-4-11-20-12-10-15-22(19-20)27(24,25)21-13-5-6-14-21/h10,12,15,19,21H,1-9,11,13-14,16-18,23H2. The molecule has 1 aliphatic rings. The number of benzene rings is 1. The zero-order valence-corrected chi connectivity index (χ0v) is 17.5. The summed E-state index contributed by atoms with van der Waals surface area (Å²) >= 11 is 0. The Morgan fingerprint density at radius 2 is 1.59 bits per heavy atom. The second-order valence-corrected chi connectivity index (χ2v) is 9.95. The number of ether oxygens (including phenoxy) is 1. The molecule has 0 aliphatic heterocycles. The molecule has 0 aromatic heterocycles. The molecule has 2 N–H and O–H groups in total. The maximum absolute atomic E-state index is 12.7. The summed E-state index contributed by atoms with van der Waals surface area (Å²) in [6, 6.07) is 7.60. The first kappa shape index (κ1) is 22.4. The van der Waals surface area contributed by atoms with Gasteiger partial charge in [0.25, 0.3) is 0 Å². The van der Waals surface area contributed by atoms with Gasteiger partial charge in [0, 0.05) is 13.2 Å². The highest BCUT2D eigenvalue weighted by Gasteiger charge is 2.30. The lowest BCUT2D eigenvalue weighted by molar-refractivity contribution is 0.126. The van der Waals surface area contributed by atoms with Crippen LogP contribution in [0.1, 0.15) is 76.2 Å². The van der Waals surface area contributed by atoms with Crippen molar-refractivity contribution in [2.24, 2.45) is 5.73 Å². The van der Waals surface area contributed by atoms with Crippen LogP contribution in [0.25, 0.3) is 0 Å². The molecule has 5 heteroatoms. The molecule has 4 nitrogen and oxygen atoms in total. The van der Waals surface area contributed by atoms with Crippen molar-refractivity contribution in [1.82, 2.24) is 0 Å². The smallest absolute Gasteiger partial charge is 0.181 e. The van der Waals surface area contributed by atoms with Gasteiger partial charge in [-0.25, -0.2) is 8.42 Å². The minimum absolute atomic E-state index is 0.166. The molecule has 154 valence electrons. The van der Waals surface area contributed by atoms with Crippen LogP contribution in [0.3, 0.4) is 0 Å². The summed E-state index contributed by atoms with van der Waals surface area (Å²) in [6.45, 7) is 2.47. The summed E-state index contributed by atoms with van der Waals surface area (Å²) in [5.41, 5.74) is 6.61. The summed E-state index contributed by atoms with van der Waals surface area (Å²) in [4.78, 5) is 0.518. The maximum Gasteiger partial charge on any atom is 0.181 e. The molecule has 0 unspecified atom stereocenters. The van der Waals surface area contributed by atoms with Crippen LogP contribution < -0.4 is 5.73 Å². The van der Waals surface area contributed by atoms with Crippen molar-refractivity contribution >= 4 is 9.84 Å². The van der Waals surface area contributed by atoms with Crippen LogP contribution in [0.15, 0.2) is 29.2 Å². The van der Waals surface area contributed by atoms with Crippen LogP contribution >= 0.6 is 0 Å². The van der Waals surface area contributed by atoms with E-state index in [1.165, 1.54) is 12.8 Å². The van der Waals surface area contributed by atoms with Crippen LogP contribution in [0.5, 0.6) is 0 Å². The largest absolute Gasteiger partial charge is 0.381 e. The minimum atomic E-state index is -3.14. The third-order valence-corrected chi connectivity index (χ3v) is 7.73. The van der Waals surface area contributed by atoms with Crippen molar-refractivity contribution in [1.29, 1.82) is 0 Å². The summed E-state index contributed by atoms with van der Waals surface area (Å²) in [5.74, 6) is 0. The number of hydrogen-bond acceptors (Lipinski definition) is 4. The molecule has 1 fully saturated rings. The molecule has 1 aromatic carbocycles. The number of aryl methyl sites for hydroxylation is 1. The number of unbranched alkanes of at least 4 members (excludes halogenated alkanes) is 5. The van der Waals surface area contributed by atoms with Crippen LogP contribution in [0.4, 0.5) is 0 Å². The highest BCUT2D eigenvalue weighted by atomic mass is 32.2. The Morgan fingerprint density at radius 1 is 0.926 bits per heavy atom. The molecule has 0 amide bonds. The van der Waals surface area contributed by atoms with E-state index in [1.54, 1.807) is 6.07 Å². The Morgan fingerprint density at radius 3 is 2.30 bits per heavy atom. The monoisotopic (exact) mass is 395 g/mol. The molecule has 27 heavy (non-hydrogen) atoms. The number of sulfone groups is 1. The van der Waals surface area contributed by atoms with Gasteiger partial charge in [0.1, 0.15) is 0 Å². The molecule has 1 aliphatic carbocycles. The van der Waals surface area contributed by atoms with E-state index in [0.29, 0.717) is 4.90 Å². The SMILES string of the molecule is NCCCCCCOCCCCCc1cccc(S(=O)(=O)C2CCCC2)c1. The van der Waals surface area contributed by atoms with E-state index in [-0.39, 0.29) is 5.25 Å². The van der Waals surface area contributed by atoms with Gasteiger partial charge in [-0.3, -0.25) is 0 Å². The van der Waals surface area contributed by atoms with Gasteiger partial charge in [-0.15, -0.1) is 0 Å². The number of nitrogens with two attached hydrogens (primary N) is 1. The molecular weight excluding hydrogens is 358 g/mol. The summed E-state index contributed by atoms with van der Waals surface area (Å²) < 4.78 is 31.1. The van der Waals surface area contributed by atoms with Gasteiger partial charge in [-0.2, -0.15) is 0 Å². The van der Waals surface area contributed by atoms with E-state index >= 15 is 0 Å². The lowest BCUT2D eigenvalue weighted by atomic mass is 10.1. The van der Waals surface area contributed by atoms with Crippen molar-refractivity contribution in [2.45, 2.75) is 87.2 Å². The topological polar surface area (TPSA) is 69.4 Å². The maximum atomic E-state index is 12.7.